The van der Waals surface area contributed by atoms with Crippen LogP contribution in [0.5, 0.6) is 11.5 Å². The number of hydrogen-bond donors (Lipinski definition) is 5. The maximum atomic E-state index is 9.72. The van der Waals surface area contributed by atoms with Gasteiger partial charge in [0.1, 0.15) is 11.5 Å². The third-order valence-electron chi connectivity index (χ3n) is 5.26. The predicted molar refractivity (Wildman–Crippen MR) is 144 cm³/mol. The van der Waals surface area contributed by atoms with Gasteiger partial charge in [0.15, 0.2) is 0 Å². The first kappa shape index (κ1) is 32.6. The van der Waals surface area contributed by atoms with Crippen molar-refractivity contribution in [1.29, 1.82) is 0 Å². The van der Waals surface area contributed by atoms with Gasteiger partial charge in [0.2, 0.25) is 0 Å². The quantitative estimate of drug-likeness (QED) is 0.221. The fourth-order valence-corrected chi connectivity index (χ4v) is 4.13. The third kappa shape index (κ3) is 8.46. The van der Waals surface area contributed by atoms with Crippen molar-refractivity contribution in [3.8, 4) is 11.5 Å². The number of benzene rings is 2. The first-order valence-electron chi connectivity index (χ1n) is 11.6. The van der Waals surface area contributed by atoms with Crippen molar-refractivity contribution in [2.45, 2.75) is 25.8 Å². The van der Waals surface area contributed by atoms with E-state index < -0.39 is 11.9 Å². The number of nitrogens with zero attached hydrogens (tertiary/aromatic N) is 1. The van der Waals surface area contributed by atoms with Gasteiger partial charge in [0.05, 0.1) is 57.3 Å². The molecule has 0 aliphatic carbocycles. The van der Waals surface area contributed by atoms with Gasteiger partial charge in [-0.25, -0.2) is 0 Å². The Kier molecular flexibility index (Phi) is 13.6. The summed E-state index contributed by atoms with van der Waals surface area (Å²) in [6, 6.07) is 8.43. The number of ether oxygens (including phenoxy) is 6. The summed E-state index contributed by atoms with van der Waals surface area (Å²) in [5, 5.41) is 36.9. The topological polar surface area (TPSA) is 149 Å². The Balaban J connectivity index is 0.000000242. The first-order chi connectivity index (χ1) is 18.2. The molecule has 0 unspecified atom stereocenters. The molecule has 11 nitrogen and oxygen atoms in total. The summed E-state index contributed by atoms with van der Waals surface area (Å²) in [5.41, 5.74) is 2.73. The van der Waals surface area contributed by atoms with Gasteiger partial charge < -0.3 is 48.8 Å². The van der Waals surface area contributed by atoms with E-state index in [2.05, 4.69) is 40.7 Å². The van der Waals surface area contributed by atoms with E-state index in [0.717, 1.165) is 0 Å². The number of aliphatic hydroxyl groups excluding tert-OH is 2. The molecule has 0 bridgehead atoms. The molecule has 2 aliphatic rings. The van der Waals surface area contributed by atoms with Gasteiger partial charge in [0, 0.05) is 11.1 Å². The minimum absolute atomic E-state index is 0.106. The van der Waals surface area contributed by atoms with Gasteiger partial charge in [-0.3, -0.25) is 0 Å². The van der Waals surface area contributed by atoms with E-state index in [1.165, 1.54) is 0 Å². The average molecular weight is 617 g/mol. The molecule has 38 heavy (non-hydrogen) atoms. The van der Waals surface area contributed by atoms with Crippen LogP contribution >= 0.6 is 28.7 Å². The number of aryl methyl sites for hydroxylation is 2. The number of hydrogen-bond acceptors (Lipinski definition) is 12. The Bertz CT molecular complexity index is 1010. The zero-order valence-electron chi connectivity index (χ0n) is 21.1. The Hall–Kier alpha value is -1.59. The van der Waals surface area contributed by atoms with E-state index in [9.17, 15) is 10.2 Å². The van der Waals surface area contributed by atoms with E-state index in [-0.39, 0.29) is 37.9 Å². The van der Waals surface area contributed by atoms with E-state index >= 15 is 0 Å². The molecule has 4 N–H and O–H groups in total. The molecule has 2 aliphatic heterocycles. The van der Waals surface area contributed by atoms with E-state index in [1.54, 1.807) is 44.2 Å². The molecule has 209 valence electrons. The molecular weight excluding hydrogens is 585 g/mol. The summed E-state index contributed by atoms with van der Waals surface area (Å²) in [5.74, 6) is -2.15. The van der Waals surface area contributed by atoms with E-state index in [0.29, 0.717) is 53.2 Å². The molecule has 2 heterocycles. The first-order valence-corrected chi connectivity index (χ1v) is 12.8. The van der Waals surface area contributed by atoms with E-state index in [1.807, 2.05) is 0 Å². The SMILES string of the molecule is Cc1cc(C2(OCCO)OCCO2)cc(Br)c1O.Cc1cc(C2(OCCO)OCCO2)ccc1O.[B]=NS. The van der Waals surface area contributed by atoms with Gasteiger partial charge in [-0.2, -0.15) is 0 Å². The minimum atomic E-state index is -1.29. The van der Waals surface area contributed by atoms with Crippen LogP contribution in [-0.2, 0) is 40.4 Å². The molecule has 1 radical (unpaired) electrons. The van der Waals surface area contributed by atoms with Gasteiger partial charge in [0.25, 0.3) is 0 Å². The second kappa shape index (κ2) is 15.9. The molecule has 0 spiro atoms. The molecule has 2 aromatic rings. The molecule has 0 saturated carbocycles. The monoisotopic (exact) mass is 616 g/mol. The molecule has 0 amide bonds. The van der Waals surface area contributed by atoms with Gasteiger partial charge in [-0.15, -0.1) is 0 Å². The second-order valence-electron chi connectivity index (χ2n) is 7.89. The maximum absolute atomic E-state index is 9.72. The fourth-order valence-electron chi connectivity index (χ4n) is 3.57. The van der Waals surface area contributed by atoms with Crippen LogP contribution in [0.1, 0.15) is 22.3 Å². The molecule has 2 aromatic carbocycles. The number of halogens is 1. The van der Waals surface area contributed by atoms with Crippen molar-refractivity contribution >= 4 is 36.4 Å². The van der Waals surface area contributed by atoms with Crippen molar-refractivity contribution < 1.29 is 48.8 Å². The molecule has 2 fully saturated rings. The van der Waals surface area contributed by atoms with Crippen LogP contribution in [0.3, 0.4) is 0 Å². The molecule has 0 atom stereocenters. The number of phenols is 2. The number of aliphatic hydroxyl groups is 2. The third-order valence-corrected chi connectivity index (χ3v) is 5.86. The summed E-state index contributed by atoms with van der Waals surface area (Å²) in [6.45, 7) is 5.28. The Labute approximate surface area is 236 Å². The van der Waals surface area contributed by atoms with Crippen LogP contribution < -0.4 is 0 Å². The van der Waals surface area contributed by atoms with Gasteiger partial charge >= 0.3 is 36.7 Å². The Morgan fingerprint density at radius 1 is 0.868 bits per heavy atom. The summed E-state index contributed by atoms with van der Waals surface area (Å²) in [6.07, 6.45) is 0. The normalized spacial score (nSPS) is 17.2. The average Bonchev–Trinajstić information content (AvgIpc) is 3.58. The molecule has 14 heteroatoms. The standard InChI is InChI=1S/C12H15BrO5.C12H16O5.BHNS/c1-8-6-9(7-10(13)11(8)15)12(16-3-2-14)17-4-5-18-12;1-9-8-10(2-3-11(9)14)12(15-5-4-13)16-6-7-17-12;1-2-3/h6-7,14-15H,2-5H2,1H3;2-3,8,13-14H,4-7H2,1H3;3H. The van der Waals surface area contributed by atoms with Crippen LogP contribution in [-0.4, -0.2) is 80.9 Å². The summed E-state index contributed by atoms with van der Waals surface area (Å²) >= 11 is 6.46. The fraction of sp³-hybridized carbons (Fsp3) is 0.500. The van der Waals surface area contributed by atoms with Crippen LogP contribution in [0.25, 0.3) is 0 Å². The van der Waals surface area contributed by atoms with Crippen molar-refractivity contribution in [3.05, 3.63) is 57.1 Å². The molecule has 4 rings (SSSR count). The second-order valence-corrected chi connectivity index (χ2v) is 8.98. The van der Waals surface area contributed by atoms with E-state index in [4.69, 9.17) is 38.6 Å². The van der Waals surface area contributed by atoms with Gasteiger partial charge in [-0.1, -0.05) is 0 Å². The summed E-state index contributed by atoms with van der Waals surface area (Å²) < 4.78 is 36.2. The molecular formula is C24H32BBrNO10S. The number of rotatable bonds is 8. The van der Waals surface area contributed by atoms with Crippen molar-refractivity contribution in [3.63, 3.8) is 0 Å². The van der Waals surface area contributed by atoms with Crippen molar-refractivity contribution in [2.75, 3.05) is 52.9 Å². The van der Waals surface area contributed by atoms with Crippen LogP contribution in [0, 0.1) is 13.8 Å². The number of phenolic OH excluding ortho intramolecular Hbond substituents is 2. The zero-order valence-corrected chi connectivity index (χ0v) is 23.6. The van der Waals surface area contributed by atoms with Crippen molar-refractivity contribution in [1.82, 2.24) is 0 Å². The predicted octanol–water partition coefficient (Wildman–Crippen LogP) is 2.68. The van der Waals surface area contributed by atoms with Crippen LogP contribution in [0.15, 0.2) is 39.1 Å². The summed E-state index contributed by atoms with van der Waals surface area (Å²) in [4.78, 5) is 0. The Morgan fingerprint density at radius 2 is 1.32 bits per heavy atom. The van der Waals surface area contributed by atoms with Gasteiger partial charge in [-0.05, 0) is 71.2 Å². The van der Waals surface area contributed by atoms with Crippen molar-refractivity contribution in [2.24, 2.45) is 4.30 Å². The molecule has 2 saturated heterocycles. The number of thiol groups is 1. The molecule has 0 aromatic heterocycles. The van der Waals surface area contributed by atoms with Crippen LogP contribution in [0.2, 0.25) is 0 Å². The van der Waals surface area contributed by atoms with Crippen LogP contribution in [0.4, 0.5) is 0 Å². The number of aromatic hydroxyl groups is 2. The summed E-state index contributed by atoms with van der Waals surface area (Å²) in [7, 11) is 4.34. The Morgan fingerprint density at radius 3 is 1.74 bits per heavy atom. The zero-order chi connectivity index (χ0) is 28.2.